The Morgan fingerprint density at radius 2 is 1.68 bits per heavy atom. The van der Waals surface area contributed by atoms with Crippen LogP contribution in [-0.4, -0.2) is 68.4 Å². The van der Waals surface area contributed by atoms with Crippen molar-refractivity contribution in [3.8, 4) is 22.8 Å². The first-order valence-electron chi connectivity index (χ1n) is 11.2. The number of aryl methyl sites for hydroxylation is 2. The first-order chi connectivity index (χ1) is 16.5. The minimum atomic E-state index is -0.0179. The van der Waals surface area contributed by atoms with Crippen LogP contribution in [0.1, 0.15) is 16.3 Å². The molecule has 0 spiro atoms. The normalized spacial score (nSPS) is 13.9. The Bertz CT molecular complexity index is 1300. The molecule has 9 nitrogen and oxygen atoms in total. The molecule has 0 radical (unpaired) electrons. The Kier molecular flexibility index (Phi) is 5.75. The number of nitrogens with zero attached hydrogens (tertiary/aromatic N) is 7. The molecular weight excluding hydrogens is 430 g/mol. The lowest BCUT2D eigenvalue weighted by molar-refractivity contribution is 0.0735. The molecule has 9 heteroatoms. The summed E-state index contributed by atoms with van der Waals surface area (Å²) in [6, 6.07) is 15.5. The van der Waals surface area contributed by atoms with Gasteiger partial charge in [0.2, 0.25) is 0 Å². The van der Waals surface area contributed by atoms with Crippen LogP contribution in [-0.2, 0) is 7.05 Å². The maximum Gasteiger partial charge on any atom is 0.272 e. The van der Waals surface area contributed by atoms with E-state index in [0.717, 1.165) is 34.5 Å². The first-order valence-corrected chi connectivity index (χ1v) is 11.2. The van der Waals surface area contributed by atoms with Crippen LogP contribution in [0.15, 0.2) is 60.9 Å². The molecule has 0 unspecified atom stereocenters. The van der Waals surface area contributed by atoms with E-state index in [-0.39, 0.29) is 5.91 Å². The SMILES string of the molecule is COc1cccc(-c2cc(C(=O)N3CCN(c4cc(-n5cccc5)nc(C)n4)CC3)n(C)n2)c1. The molecule has 0 bridgehead atoms. The predicted octanol–water partition coefficient (Wildman–Crippen LogP) is 2.95. The number of anilines is 1. The van der Waals surface area contributed by atoms with Gasteiger partial charge in [-0.1, -0.05) is 12.1 Å². The third-order valence-corrected chi connectivity index (χ3v) is 6.04. The van der Waals surface area contributed by atoms with Crippen molar-refractivity contribution in [2.24, 2.45) is 7.05 Å². The van der Waals surface area contributed by atoms with E-state index in [9.17, 15) is 4.79 Å². The smallest absolute Gasteiger partial charge is 0.272 e. The molecule has 1 saturated heterocycles. The number of amides is 1. The van der Waals surface area contributed by atoms with E-state index < -0.39 is 0 Å². The van der Waals surface area contributed by atoms with Crippen molar-refractivity contribution in [1.82, 2.24) is 29.2 Å². The number of benzene rings is 1. The van der Waals surface area contributed by atoms with E-state index in [1.807, 2.05) is 77.3 Å². The summed E-state index contributed by atoms with van der Waals surface area (Å²) in [7, 11) is 3.44. The zero-order chi connectivity index (χ0) is 23.7. The van der Waals surface area contributed by atoms with Gasteiger partial charge in [-0.25, -0.2) is 9.97 Å². The minimum absolute atomic E-state index is 0.0179. The lowest BCUT2D eigenvalue weighted by atomic mass is 10.1. The van der Waals surface area contributed by atoms with Crippen LogP contribution in [0, 0.1) is 6.92 Å². The third kappa shape index (κ3) is 4.24. The zero-order valence-corrected chi connectivity index (χ0v) is 19.5. The van der Waals surface area contributed by atoms with Crippen LogP contribution in [0.4, 0.5) is 5.82 Å². The fourth-order valence-electron chi connectivity index (χ4n) is 4.21. The Balaban J connectivity index is 1.29. The van der Waals surface area contributed by atoms with Crippen molar-refractivity contribution >= 4 is 11.7 Å². The average molecular weight is 458 g/mol. The van der Waals surface area contributed by atoms with Crippen molar-refractivity contribution in [1.29, 1.82) is 0 Å². The molecule has 4 heterocycles. The second-order valence-electron chi connectivity index (χ2n) is 8.27. The monoisotopic (exact) mass is 457 g/mol. The highest BCUT2D eigenvalue weighted by Gasteiger charge is 2.26. The maximum absolute atomic E-state index is 13.3. The van der Waals surface area contributed by atoms with Gasteiger partial charge in [-0.15, -0.1) is 0 Å². The summed E-state index contributed by atoms with van der Waals surface area (Å²) in [6.45, 7) is 4.53. The van der Waals surface area contributed by atoms with Gasteiger partial charge in [0, 0.05) is 57.3 Å². The fourth-order valence-corrected chi connectivity index (χ4v) is 4.21. The molecule has 1 aliphatic rings. The molecule has 1 amide bonds. The molecule has 1 aliphatic heterocycles. The average Bonchev–Trinajstić information content (AvgIpc) is 3.54. The van der Waals surface area contributed by atoms with E-state index >= 15 is 0 Å². The highest BCUT2D eigenvalue weighted by molar-refractivity contribution is 5.94. The summed E-state index contributed by atoms with van der Waals surface area (Å²) < 4.78 is 8.94. The van der Waals surface area contributed by atoms with Crippen molar-refractivity contribution in [3.05, 3.63) is 72.4 Å². The summed E-state index contributed by atoms with van der Waals surface area (Å²) in [6.07, 6.45) is 3.94. The van der Waals surface area contributed by atoms with Gasteiger partial charge in [0.05, 0.1) is 12.8 Å². The van der Waals surface area contributed by atoms with Crippen molar-refractivity contribution in [2.45, 2.75) is 6.92 Å². The highest BCUT2D eigenvalue weighted by Crippen LogP contribution is 2.24. The second kappa shape index (κ2) is 9.01. The van der Waals surface area contributed by atoms with E-state index in [4.69, 9.17) is 4.74 Å². The topological polar surface area (TPSA) is 81.3 Å². The van der Waals surface area contributed by atoms with Crippen LogP contribution in [0.25, 0.3) is 17.1 Å². The number of ether oxygens (including phenoxy) is 1. The standard InChI is InChI=1S/C25H27N7O2/c1-18-26-23(30-9-4-5-10-30)17-24(27-18)31-11-13-32(14-12-31)25(33)22-16-21(28-29(22)2)19-7-6-8-20(15-19)34-3/h4-10,15-17H,11-14H2,1-3H3. The van der Waals surface area contributed by atoms with Crippen LogP contribution in [0.3, 0.4) is 0 Å². The summed E-state index contributed by atoms with van der Waals surface area (Å²) in [5.74, 6) is 3.18. The molecule has 34 heavy (non-hydrogen) atoms. The van der Waals surface area contributed by atoms with Gasteiger partial charge in [-0.05, 0) is 37.3 Å². The molecule has 0 N–H and O–H groups in total. The number of piperazine rings is 1. The van der Waals surface area contributed by atoms with Gasteiger partial charge in [0.25, 0.3) is 5.91 Å². The quantitative estimate of drug-likeness (QED) is 0.458. The second-order valence-corrected chi connectivity index (χ2v) is 8.27. The van der Waals surface area contributed by atoms with Gasteiger partial charge in [0.1, 0.15) is 28.9 Å². The molecule has 0 saturated carbocycles. The molecule has 174 valence electrons. The molecule has 5 rings (SSSR count). The summed E-state index contributed by atoms with van der Waals surface area (Å²) in [5.41, 5.74) is 2.23. The zero-order valence-electron chi connectivity index (χ0n) is 19.5. The lowest BCUT2D eigenvalue weighted by Gasteiger charge is -2.35. The fraction of sp³-hybridized carbons (Fsp3) is 0.280. The number of aromatic nitrogens is 5. The molecule has 0 atom stereocenters. The van der Waals surface area contributed by atoms with Crippen molar-refractivity contribution in [2.75, 3.05) is 38.2 Å². The van der Waals surface area contributed by atoms with Crippen LogP contribution in [0.2, 0.25) is 0 Å². The summed E-state index contributed by atoms with van der Waals surface area (Å²) >= 11 is 0. The Morgan fingerprint density at radius 3 is 2.41 bits per heavy atom. The van der Waals surface area contributed by atoms with Crippen molar-refractivity contribution < 1.29 is 9.53 Å². The maximum atomic E-state index is 13.3. The highest BCUT2D eigenvalue weighted by atomic mass is 16.5. The van der Waals surface area contributed by atoms with E-state index in [1.54, 1.807) is 18.8 Å². The van der Waals surface area contributed by atoms with Crippen LogP contribution < -0.4 is 9.64 Å². The Labute approximate surface area is 198 Å². The summed E-state index contributed by atoms with van der Waals surface area (Å²) in [4.78, 5) is 26.6. The molecular formula is C25H27N7O2. The molecule has 1 aromatic carbocycles. The van der Waals surface area contributed by atoms with Crippen molar-refractivity contribution in [3.63, 3.8) is 0 Å². The van der Waals surface area contributed by atoms with Gasteiger partial charge in [-0.2, -0.15) is 5.10 Å². The Hall–Kier alpha value is -4.14. The van der Waals surface area contributed by atoms with Gasteiger partial charge in [-0.3, -0.25) is 9.48 Å². The molecule has 0 aliphatic carbocycles. The lowest BCUT2D eigenvalue weighted by Crippen LogP contribution is -2.49. The number of carbonyl (C=O) groups excluding carboxylic acids is 1. The van der Waals surface area contributed by atoms with E-state index in [1.165, 1.54) is 0 Å². The molecule has 4 aromatic rings. The number of rotatable bonds is 5. The third-order valence-electron chi connectivity index (χ3n) is 6.04. The minimum Gasteiger partial charge on any atom is -0.497 e. The molecule has 1 fully saturated rings. The Morgan fingerprint density at radius 1 is 0.941 bits per heavy atom. The van der Waals surface area contributed by atoms with Gasteiger partial charge >= 0.3 is 0 Å². The molecule has 3 aromatic heterocycles. The van der Waals surface area contributed by atoms with Crippen LogP contribution in [0.5, 0.6) is 5.75 Å². The van der Waals surface area contributed by atoms with Gasteiger partial charge in [0.15, 0.2) is 0 Å². The first kappa shape index (κ1) is 21.7. The van der Waals surface area contributed by atoms with E-state index in [2.05, 4.69) is 20.0 Å². The number of hydrogen-bond donors (Lipinski definition) is 0. The largest absolute Gasteiger partial charge is 0.497 e. The summed E-state index contributed by atoms with van der Waals surface area (Å²) in [5, 5.41) is 4.56. The van der Waals surface area contributed by atoms with Crippen LogP contribution >= 0.6 is 0 Å². The predicted molar refractivity (Wildman–Crippen MR) is 129 cm³/mol. The van der Waals surface area contributed by atoms with E-state index in [0.29, 0.717) is 31.9 Å². The van der Waals surface area contributed by atoms with Gasteiger partial charge < -0.3 is 19.1 Å². The number of carbonyl (C=O) groups is 1. The number of methoxy groups -OCH3 is 1. The number of hydrogen-bond acceptors (Lipinski definition) is 6.